The van der Waals surface area contributed by atoms with Crippen LogP contribution in [0.4, 0.5) is 16.8 Å². The van der Waals surface area contributed by atoms with Crippen molar-refractivity contribution < 1.29 is 29.4 Å². The van der Waals surface area contributed by atoms with Crippen LogP contribution < -0.4 is 4.18 Å². The number of halogens is 4. The summed E-state index contributed by atoms with van der Waals surface area (Å²) < 4.78 is 78.0. The lowest BCUT2D eigenvalue weighted by Gasteiger charge is -2.22. The molecule has 0 spiro atoms. The van der Waals surface area contributed by atoms with Crippen LogP contribution in [0.3, 0.4) is 0 Å². The van der Waals surface area contributed by atoms with Gasteiger partial charge >= 0.3 is 17.5 Å². The van der Waals surface area contributed by atoms with Crippen molar-refractivity contribution in [2.75, 3.05) is 0 Å². The highest BCUT2D eigenvalue weighted by atomic mass is 32.3. The normalized spacial score (nSPS) is 12.6. The predicted molar refractivity (Wildman–Crippen MR) is 94.3 cm³/mol. The van der Waals surface area contributed by atoms with E-state index in [0.717, 1.165) is 0 Å². The van der Waals surface area contributed by atoms with Crippen LogP contribution in [0, 0.1) is 32.2 Å². The summed E-state index contributed by atoms with van der Waals surface area (Å²) in [4.78, 5) is 0. The van der Waals surface area contributed by atoms with Gasteiger partial charge in [-0.2, -0.15) is 8.42 Å². The summed E-state index contributed by atoms with van der Waals surface area (Å²) in [5.41, 5.74) is 3.63. The molecule has 10 heteroatoms. The molecule has 0 aliphatic heterocycles. The largest absolute Gasteiger partial charge is 0.488 e. The van der Waals surface area contributed by atoms with Gasteiger partial charge in [-0.1, -0.05) is 41.3 Å². The molecule has 140 valence electrons. The maximum absolute atomic E-state index is 13.0. The molecule has 1 aromatic rings. The lowest BCUT2D eigenvalue weighted by Crippen LogP contribution is -2.22. The van der Waals surface area contributed by atoms with Crippen LogP contribution in [-0.4, -0.2) is 23.5 Å². The Morgan fingerprint density at radius 3 is 1.96 bits per heavy atom. The number of hydrogen-bond acceptors (Lipinski definition) is 3. The highest BCUT2D eigenvalue weighted by molar-refractivity contribution is 7.81. The van der Waals surface area contributed by atoms with Crippen LogP contribution in [0.5, 0.6) is 5.75 Å². The third-order valence-corrected chi connectivity index (χ3v) is 4.76. The van der Waals surface area contributed by atoms with Gasteiger partial charge in [0.05, 0.1) is 0 Å². The lowest BCUT2D eigenvalue weighted by atomic mass is 9.77. The molecule has 0 aliphatic rings. The predicted octanol–water partition coefficient (Wildman–Crippen LogP) is 4.36. The number of rotatable bonds is 4. The van der Waals surface area contributed by atoms with Gasteiger partial charge in [-0.05, 0) is 31.9 Å². The minimum atomic E-state index is -5.37. The molecule has 0 saturated carbocycles. The van der Waals surface area contributed by atoms with Gasteiger partial charge in [-0.3, -0.25) is 0 Å². The zero-order valence-corrected chi connectivity index (χ0v) is 16.7. The van der Waals surface area contributed by atoms with Gasteiger partial charge in [0.25, 0.3) is 0 Å². The standard InChI is InChI=1S/C15H20BF4O3SSi/c1-10-13(7-8-25(4,5)6)11(2)15(23-24(20,21)22)12(3)14(10)9-16(17,18)19/h9H2,1-6H3/q-1. The van der Waals surface area contributed by atoms with Gasteiger partial charge in [-0.25, -0.2) is 0 Å². The van der Waals surface area contributed by atoms with Gasteiger partial charge in [0.2, 0.25) is 0 Å². The monoisotopic (exact) mass is 395 g/mol. The molecule has 0 radical (unpaired) electrons. The first-order valence-electron chi connectivity index (χ1n) is 7.52. The highest BCUT2D eigenvalue weighted by Gasteiger charge is 2.29. The minimum absolute atomic E-state index is 0.0472. The number of benzene rings is 1. The van der Waals surface area contributed by atoms with Crippen molar-refractivity contribution in [1.29, 1.82) is 0 Å². The Bertz CT molecular complexity index is 847. The van der Waals surface area contributed by atoms with Crippen LogP contribution in [0.1, 0.15) is 27.8 Å². The second kappa shape index (κ2) is 7.04. The van der Waals surface area contributed by atoms with Crippen LogP contribution in [-0.2, 0) is 16.8 Å². The molecule has 3 nitrogen and oxygen atoms in total. The molecule has 0 atom stereocenters. The summed E-state index contributed by atoms with van der Waals surface area (Å²) in [5.74, 6) is 2.43. The molecular formula is C15H20BF4O3SSi-. The van der Waals surface area contributed by atoms with E-state index in [1.165, 1.54) is 20.8 Å². The van der Waals surface area contributed by atoms with E-state index in [1.54, 1.807) is 0 Å². The summed E-state index contributed by atoms with van der Waals surface area (Å²) in [7, 11) is -7.21. The minimum Gasteiger partial charge on any atom is -0.449 e. The van der Waals surface area contributed by atoms with Crippen molar-refractivity contribution in [3.63, 3.8) is 0 Å². The Morgan fingerprint density at radius 2 is 1.56 bits per heavy atom. The molecule has 0 fully saturated rings. The van der Waals surface area contributed by atoms with Crippen molar-refractivity contribution in [2.45, 2.75) is 46.7 Å². The Hall–Kier alpha value is -1.47. The second-order valence-corrected chi connectivity index (χ2v) is 12.7. The van der Waals surface area contributed by atoms with Gasteiger partial charge in [0, 0.05) is 11.1 Å². The zero-order chi connectivity index (χ0) is 19.8. The van der Waals surface area contributed by atoms with Crippen LogP contribution in [0.25, 0.3) is 0 Å². The average Bonchev–Trinajstić information content (AvgIpc) is 2.36. The molecular weight excluding hydrogens is 375 g/mol. The first-order chi connectivity index (χ1) is 11.0. The summed E-state index contributed by atoms with van der Waals surface area (Å²) in [6.45, 7) is 4.95. The summed E-state index contributed by atoms with van der Waals surface area (Å²) >= 11 is 0. The Kier molecular flexibility index (Phi) is 6.07. The lowest BCUT2D eigenvalue weighted by molar-refractivity contribution is 0.436. The van der Waals surface area contributed by atoms with Gasteiger partial charge in [0.15, 0.2) is 5.75 Å². The van der Waals surface area contributed by atoms with E-state index in [1.807, 2.05) is 19.6 Å². The van der Waals surface area contributed by atoms with Crippen molar-refractivity contribution in [2.24, 2.45) is 0 Å². The molecule has 0 amide bonds. The van der Waals surface area contributed by atoms with Crippen molar-refractivity contribution in [3.8, 4) is 17.2 Å². The van der Waals surface area contributed by atoms with E-state index in [9.17, 15) is 25.3 Å². The third kappa shape index (κ3) is 6.40. The summed E-state index contributed by atoms with van der Waals surface area (Å²) in [6, 6.07) is 0. The Morgan fingerprint density at radius 1 is 1.04 bits per heavy atom. The SMILES string of the molecule is Cc1c(C#C[Si](C)(C)C)c(C)c(OS(=O)(=O)F)c(C)c1C[B-](F)(F)F. The molecule has 1 aromatic carbocycles. The topological polar surface area (TPSA) is 43.4 Å². The third-order valence-electron chi connectivity index (χ3n) is 3.52. The maximum Gasteiger partial charge on any atom is 0.488 e. The van der Waals surface area contributed by atoms with Crippen LogP contribution >= 0.6 is 0 Å². The number of hydrogen-bond donors (Lipinski definition) is 0. The van der Waals surface area contributed by atoms with Crippen LogP contribution in [0.2, 0.25) is 19.6 Å². The molecule has 1 rings (SSSR count). The van der Waals surface area contributed by atoms with E-state index in [4.69, 9.17) is 0 Å². The fraction of sp³-hybridized carbons (Fsp3) is 0.467. The maximum atomic E-state index is 13.0. The van der Waals surface area contributed by atoms with Gasteiger partial charge in [0.1, 0.15) is 8.07 Å². The fourth-order valence-corrected chi connectivity index (χ4v) is 3.39. The van der Waals surface area contributed by atoms with E-state index in [0.29, 0.717) is 5.56 Å². The van der Waals surface area contributed by atoms with Crippen molar-refractivity contribution in [1.82, 2.24) is 0 Å². The first kappa shape index (κ1) is 21.6. The molecule has 25 heavy (non-hydrogen) atoms. The molecule has 0 unspecified atom stereocenters. The Balaban J connectivity index is 3.79. The van der Waals surface area contributed by atoms with Crippen molar-refractivity contribution >= 4 is 25.6 Å². The van der Waals surface area contributed by atoms with E-state index in [-0.39, 0.29) is 22.3 Å². The smallest absolute Gasteiger partial charge is 0.449 e. The molecule has 0 aliphatic carbocycles. The molecule has 0 heterocycles. The molecule has 0 N–H and O–H groups in total. The molecule has 0 bridgehead atoms. The van der Waals surface area contributed by atoms with Crippen molar-refractivity contribution in [3.05, 3.63) is 27.8 Å². The van der Waals surface area contributed by atoms with E-state index in [2.05, 4.69) is 15.6 Å². The van der Waals surface area contributed by atoms with Crippen LogP contribution in [0.15, 0.2) is 0 Å². The molecule has 0 aromatic heterocycles. The van der Waals surface area contributed by atoms with E-state index < -0.39 is 37.6 Å². The Labute approximate surface area is 147 Å². The van der Waals surface area contributed by atoms with E-state index >= 15 is 0 Å². The fourth-order valence-electron chi connectivity index (χ4n) is 2.44. The first-order valence-corrected chi connectivity index (χ1v) is 12.3. The second-order valence-electron chi connectivity index (χ2n) is 6.95. The van der Waals surface area contributed by atoms with Gasteiger partial charge < -0.3 is 17.1 Å². The quantitative estimate of drug-likeness (QED) is 0.329. The van der Waals surface area contributed by atoms with Gasteiger partial charge in [-0.15, -0.1) is 5.54 Å². The summed E-state index contributed by atoms with van der Waals surface area (Å²) in [5, 5.41) is 0. The summed E-state index contributed by atoms with van der Waals surface area (Å²) in [6.07, 6.45) is -1.22. The molecule has 0 saturated heterocycles. The zero-order valence-electron chi connectivity index (χ0n) is 14.9. The average molecular weight is 395 g/mol. The highest BCUT2D eigenvalue weighted by Crippen LogP contribution is 2.36.